The second-order valence-electron chi connectivity index (χ2n) is 4.27. The number of pyridine rings is 1. The number of hydrogen-bond acceptors (Lipinski definition) is 4. The number of aliphatic carboxylic acids is 1. The largest absolute Gasteiger partial charge is 0.479 e. The molecule has 0 spiro atoms. The molecule has 0 aliphatic rings. The van der Waals surface area contributed by atoms with Crippen LogP contribution in [0.5, 0.6) is 0 Å². The summed E-state index contributed by atoms with van der Waals surface area (Å²) in [5, 5.41) is 10.6. The van der Waals surface area contributed by atoms with Crippen LogP contribution in [0, 0.1) is 6.92 Å². The molecule has 6 nitrogen and oxygen atoms in total. The van der Waals surface area contributed by atoms with Crippen molar-refractivity contribution in [2.45, 2.75) is 25.6 Å². The number of anilines is 1. The van der Waals surface area contributed by atoms with E-state index in [4.69, 9.17) is 10.8 Å². The zero-order valence-electron chi connectivity index (χ0n) is 10.6. The quantitative estimate of drug-likeness (QED) is 0.775. The molecule has 0 saturated heterocycles. The van der Waals surface area contributed by atoms with E-state index in [1.165, 1.54) is 13.0 Å². The second-order valence-corrected chi connectivity index (χ2v) is 4.27. The summed E-state index contributed by atoms with van der Waals surface area (Å²) >= 11 is 0. The Morgan fingerprint density at radius 2 is 1.95 bits per heavy atom. The van der Waals surface area contributed by atoms with Gasteiger partial charge in [0, 0.05) is 6.20 Å². The lowest BCUT2D eigenvalue weighted by atomic mass is 10.0. The number of nitrogens with two attached hydrogens (primary N) is 1. The molecular formula is C11H12F3N3O3. The van der Waals surface area contributed by atoms with Crippen molar-refractivity contribution >= 4 is 17.7 Å². The number of alkyl halides is 3. The molecule has 9 heteroatoms. The Morgan fingerprint density at radius 1 is 1.40 bits per heavy atom. The molecule has 1 amide bonds. The van der Waals surface area contributed by atoms with E-state index in [9.17, 15) is 22.8 Å². The number of aromatic nitrogens is 1. The number of carbonyl (C=O) groups excluding carboxylic acids is 1. The van der Waals surface area contributed by atoms with Crippen LogP contribution in [-0.4, -0.2) is 33.7 Å². The lowest BCUT2D eigenvalue weighted by Crippen LogP contribution is -2.56. The van der Waals surface area contributed by atoms with Gasteiger partial charge in [0.25, 0.3) is 5.91 Å². The van der Waals surface area contributed by atoms with Crippen molar-refractivity contribution in [1.29, 1.82) is 0 Å². The van der Waals surface area contributed by atoms with Gasteiger partial charge in [-0.05, 0) is 25.5 Å². The van der Waals surface area contributed by atoms with E-state index in [2.05, 4.69) is 4.98 Å². The van der Waals surface area contributed by atoms with Crippen molar-refractivity contribution in [2.24, 2.45) is 5.73 Å². The molecule has 1 aromatic heterocycles. The van der Waals surface area contributed by atoms with Crippen LogP contribution in [0.3, 0.4) is 0 Å². The van der Waals surface area contributed by atoms with Crippen molar-refractivity contribution in [3.63, 3.8) is 0 Å². The van der Waals surface area contributed by atoms with Crippen LogP contribution in [0.2, 0.25) is 0 Å². The third-order valence-electron chi connectivity index (χ3n) is 2.77. The summed E-state index contributed by atoms with van der Waals surface area (Å²) in [5.41, 5.74) is 1.77. The number of carboxylic acids is 1. The number of nitrogens with one attached hydrogen (secondary N) is 1. The Bertz CT molecular complexity index is 560. The number of aryl methyl sites for hydroxylation is 1. The first-order valence-electron chi connectivity index (χ1n) is 5.34. The molecule has 110 valence electrons. The first kappa shape index (κ1) is 15.7. The van der Waals surface area contributed by atoms with E-state index < -0.39 is 29.4 Å². The number of primary amides is 1. The topological polar surface area (TPSA) is 105 Å². The Balaban J connectivity index is 3.38. The number of carboxylic acid groups (broad SMARTS) is 1. The summed E-state index contributed by atoms with van der Waals surface area (Å²) in [4.78, 5) is 25.7. The van der Waals surface area contributed by atoms with E-state index in [1.54, 1.807) is 5.32 Å². The Labute approximate surface area is 111 Å². The van der Waals surface area contributed by atoms with E-state index in [-0.39, 0.29) is 11.1 Å². The smallest absolute Gasteiger partial charge is 0.422 e. The molecule has 0 saturated carbocycles. The zero-order chi connectivity index (χ0) is 15.7. The van der Waals surface area contributed by atoms with Gasteiger partial charge in [-0.15, -0.1) is 0 Å². The fraction of sp³-hybridized carbons (Fsp3) is 0.364. The fourth-order valence-electron chi connectivity index (χ4n) is 1.45. The Hall–Kier alpha value is -2.32. The summed E-state index contributed by atoms with van der Waals surface area (Å²) in [6, 6.07) is 1.37. The minimum absolute atomic E-state index is 0.282. The lowest BCUT2D eigenvalue weighted by molar-refractivity contribution is -0.193. The molecule has 0 aliphatic carbocycles. The van der Waals surface area contributed by atoms with Crippen molar-refractivity contribution in [1.82, 2.24) is 4.98 Å². The molecule has 1 atom stereocenters. The monoisotopic (exact) mass is 291 g/mol. The summed E-state index contributed by atoms with van der Waals surface area (Å²) in [7, 11) is 0. The van der Waals surface area contributed by atoms with E-state index in [0.717, 1.165) is 6.20 Å². The highest BCUT2D eigenvalue weighted by atomic mass is 19.4. The second kappa shape index (κ2) is 4.99. The molecule has 20 heavy (non-hydrogen) atoms. The molecule has 0 bridgehead atoms. The molecule has 4 N–H and O–H groups in total. The summed E-state index contributed by atoms with van der Waals surface area (Å²) in [6.45, 7) is 1.88. The standard InChI is InChI=1S/C11H12F3N3O3/c1-5-3-4-16-8(6(5)7(15)18)17-10(2,9(19)20)11(12,13)14/h3-4H,1-2H3,(H2,15,18)(H,16,17)(H,19,20). The molecule has 1 heterocycles. The fourth-order valence-corrected chi connectivity index (χ4v) is 1.45. The van der Waals surface area contributed by atoms with Crippen LogP contribution < -0.4 is 11.1 Å². The molecule has 0 aliphatic heterocycles. The van der Waals surface area contributed by atoms with Crippen LogP contribution in [-0.2, 0) is 4.79 Å². The Kier molecular flexibility index (Phi) is 3.92. The average molecular weight is 291 g/mol. The SMILES string of the molecule is Cc1ccnc(NC(C)(C(=O)O)C(F)(F)F)c1C(N)=O. The van der Waals surface area contributed by atoms with Gasteiger partial charge in [0.15, 0.2) is 0 Å². The van der Waals surface area contributed by atoms with Gasteiger partial charge in [-0.2, -0.15) is 13.2 Å². The van der Waals surface area contributed by atoms with Crippen molar-refractivity contribution in [3.8, 4) is 0 Å². The molecule has 1 rings (SSSR count). The number of hydrogen-bond donors (Lipinski definition) is 3. The lowest BCUT2D eigenvalue weighted by Gasteiger charge is -2.29. The van der Waals surface area contributed by atoms with Gasteiger partial charge < -0.3 is 16.2 Å². The summed E-state index contributed by atoms with van der Waals surface area (Å²) in [5.74, 6) is -3.68. The number of carbonyl (C=O) groups is 2. The zero-order valence-corrected chi connectivity index (χ0v) is 10.6. The molecule has 0 aromatic carbocycles. The highest BCUT2D eigenvalue weighted by Gasteiger charge is 2.58. The number of rotatable bonds is 4. The first-order chi connectivity index (χ1) is 9.00. The minimum Gasteiger partial charge on any atom is -0.479 e. The Morgan fingerprint density at radius 3 is 2.35 bits per heavy atom. The van der Waals surface area contributed by atoms with Gasteiger partial charge in [0.1, 0.15) is 5.82 Å². The first-order valence-corrected chi connectivity index (χ1v) is 5.34. The van der Waals surface area contributed by atoms with Gasteiger partial charge in [-0.1, -0.05) is 0 Å². The molecule has 1 unspecified atom stereocenters. The number of amides is 1. The van der Waals surface area contributed by atoms with Crippen molar-refractivity contribution in [3.05, 3.63) is 23.4 Å². The summed E-state index contributed by atoms with van der Waals surface area (Å²) in [6.07, 6.45) is -3.96. The average Bonchev–Trinajstić information content (AvgIpc) is 2.26. The predicted octanol–water partition coefficient (Wildman–Crippen LogP) is 1.31. The van der Waals surface area contributed by atoms with Crippen LogP contribution in [0.1, 0.15) is 22.8 Å². The molecule has 0 fully saturated rings. The molecule has 0 radical (unpaired) electrons. The van der Waals surface area contributed by atoms with Crippen molar-refractivity contribution < 1.29 is 27.9 Å². The van der Waals surface area contributed by atoms with Crippen LogP contribution in [0.15, 0.2) is 12.3 Å². The van der Waals surface area contributed by atoms with Crippen LogP contribution in [0.25, 0.3) is 0 Å². The maximum absolute atomic E-state index is 12.9. The van der Waals surface area contributed by atoms with E-state index >= 15 is 0 Å². The van der Waals surface area contributed by atoms with Gasteiger partial charge >= 0.3 is 12.1 Å². The number of halogens is 3. The summed E-state index contributed by atoms with van der Waals surface area (Å²) < 4.78 is 38.7. The normalized spacial score (nSPS) is 14.4. The highest BCUT2D eigenvalue weighted by Crippen LogP contribution is 2.34. The van der Waals surface area contributed by atoms with Crippen LogP contribution >= 0.6 is 0 Å². The maximum Gasteiger partial charge on any atom is 0.422 e. The highest BCUT2D eigenvalue weighted by molar-refractivity contribution is 5.99. The van der Waals surface area contributed by atoms with E-state index in [1.807, 2.05) is 0 Å². The van der Waals surface area contributed by atoms with Gasteiger partial charge in [-0.25, -0.2) is 9.78 Å². The van der Waals surface area contributed by atoms with Gasteiger partial charge in [0.05, 0.1) is 5.56 Å². The molecule has 1 aromatic rings. The van der Waals surface area contributed by atoms with Crippen LogP contribution in [0.4, 0.5) is 19.0 Å². The third kappa shape index (κ3) is 2.65. The van der Waals surface area contributed by atoms with Crippen molar-refractivity contribution in [2.75, 3.05) is 5.32 Å². The third-order valence-corrected chi connectivity index (χ3v) is 2.77. The number of nitrogens with zero attached hydrogens (tertiary/aromatic N) is 1. The van der Waals surface area contributed by atoms with Gasteiger partial charge in [-0.3, -0.25) is 4.79 Å². The maximum atomic E-state index is 12.9. The predicted molar refractivity (Wildman–Crippen MR) is 63.2 cm³/mol. The molecular weight excluding hydrogens is 279 g/mol. The van der Waals surface area contributed by atoms with Gasteiger partial charge in [0.2, 0.25) is 5.54 Å². The minimum atomic E-state index is -5.10. The van der Waals surface area contributed by atoms with E-state index in [0.29, 0.717) is 6.92 Å².